The second-order valence-corrected chi connectivity index (χ2v) is 2.17. The summed E-state index contributed by atoms with van der Waals surface area (Å²) in [6.45, 7) is 8.69. The molecule has 0 bridgehead atoms. The van der Waals surface area contributed by atoms with Gasteiger partial charge in [0.2, 0.25) is 0 Å². The maximum atomic E-state index is 5.01. The molecule has 0 aliphatic carbocycles. The third-order valence-corrected chi connectivity index (χ3v) is 1.14. The second kappa shape index (κ2) is 6.40. The maximum Gasteiger partial charge on any atom is 0.0845 e. The highest BCUT2D eigenvalue weighted by atomic mass is 16.5. The van der Waals surface area contributed by atoms with E-state index in [0.717, 1.165) is 25.0 Å². The second-order valence-electron chi connectivity index (χ2n) is 2.17. The van der Waals surface area contributed by atoms with Gasteiger partial charge in [0.1, 0.15) is 0 Å². The van der Waals surface area contributed by atoms with Crippen molar-refractivity contribution in [2.75, 3.05) is 6.61 Å². The van der Waals surface area contributed by atoms with E-state index in [2.05, 4.69) is 13.5 Å². The third-order valence-electron chi connectivity index (χ3n) is 1.14. The Morgan fingerprint density at radius 3 is 2.70 bits per heavy atom. The molecule has 0 saturated carbocycles. The van der Waals surface area contributed by atoms with Crippen LogP contribution in [0.15, 0.2) is 24.5 Å². The molecule has 0 aromatic carbocycles. The van der Waals surface area contributed by atoms with Crippen LogP contribution in [0.3, 0.4) is 0 Å². The van der Waals surface area contributed by atoms with Crippen molar-refractivity contribution < 1.29 is 4.74 Å². The topological polar surface area (TPSA) is 9.23 Å². The fourth-order valence-electron chi connectivity index (χ4n) is 0.645. The van der Waals surface area contributed by atoms with Crippen molar-refractivity contribution in [2.24, 2.45) is 0 Å². The van der Waals surface area contributed by atoms with Gasteiger partial charge in [-0.3, -0.25) is 0 Å². The van der Waals surface area contributed by atoms with Crippen molar-refractivity contribution >= 4 is 0 Å². The Bertz CT molecular complexity index is 114. The number of rotatable bonds is 5. The molecule has 0 heterocycles. The predicted octanol–water partition coefficient (Wildman–Crippen LogP) is 2.89. The molecule has 0 radical (unpaired) electrons. The summed E-state index contributed by atoms with van der Waals surface area (Å²) in [6.07, 6.45) is 5.84. The van der Waals surface area contributed by atoms with E-state index in [-0.39, 0.29) is 0 Å². The Morgan fingerprint density at radius 1 is 1.50 bits per heavy atom. The molecular weight excluding hydrogens is 124 g/mol. The van der Waals surface area contributed by atoms with E-state index in [1.54, 1.807) is 6.26 Å². The lowest BCUT2D eigenvalue weighted by molar-refractivity contribution is 0.269. The molecule has 0 aliphatic heterocycles. The molecule has 10 heavy (non-hydrogen) atoms. The van der Waals surface area contributed by atoms with E-state index in [4.69, 9.17) is 4.74 Å². The van der Waals surface area contributed by atoms with Crippen molar-refractivity contribution in [3.63, 3.8) is 0 Å². The van der Waals surface area contributed by atoms with Crippen LogP contribution in [0.2, 0.25) is 0 Å². The van der Waals surface area contributed by atoms with E-state index in [0.29, 0.717) is 0 Å². The van der Waals surface area contributed by atoms with Gasteiger partial charge in [-0.25, -0.2) is 0 Å². The van der Waals surface area contributed by atoms with E-state index >= 15 is 0 Å². The molecule has 0 saturated heterocycles. The van der Waals surface area contributed by atoms with Crippen molar-refractivity contribution in [1.82, 2.24) is 0 Å². The summed E-state index contributed by atoms with van der Waals surface area (Å²) < 4.78 is 5.01. The fourth-order valence-corrected chi connectivity index (χ4v) is 0.645. The molecule has 0 aliphatic rings. The Labute approximate surface area is 63.4 Å². The quantitative estimate of drug-likeness (QED) is 0.421. The molecule has 0 aromatic heterocycles. The van der Waals surface area contributed by atoms with Crippen LogP contribution in [0, 0.1) is 0 Å². The van der Waals surface area contributed by atoms with Gasteiger partial charge < -0.3 is 4.74 Å². The van der Waals surface area contributed by atoms with Crippen LogP contribution in [0.5, 0.6) is 0 Å². The van der Waals surface area contributed by atoms with E-state index < -0.39 is 0 Å². The molecule has 1 nitrogen and oxygen atoms in total. The van der Waals surface area contributed by atoms with Crippen LogP contribution >= 0.6 is 0 Å². The normalized spacial score (nSPS) is 10.2. The minimum atomic E-state index is 0.732. The average molecular weight is 140 g/mol. The van der Waals surface area contributed by atoms with Gasteiger partial charge in [-0.2, -0.15) is 0 Å². The highest BCUT2D eigenvalue weighted by Gasteiger charge is 1.83. The lowest BCUT2D eigenvalue weighted by atomic mass is 10.2. The first-order valence-corrected chi connectivity index (χ1v) is 3.77. The Kier molecular flexibility index (Phi) is 5.94. The van der Waals surface area contributed by atoms with E-state index in [9.17, 15) is 0 Å². The lowest BCUT2D eigenvalue weighted by Crippen LogP contribution is -1.78. The van der Waals surface area contributed by atoms with Gasteiger partial charge in [0.25, 0.3) is 0 Å². The van der Waals surface area contributed by atoms with Crippen LogP contribution < -0.4 is 0 Å². The zero-order valence-corrected chi connectivity index (χ0v) is 6.89. The highest BCUT2D eigenvalue weighted by Crippen LogP contribution is 2.02. The summed E-state index contributed by atoms with van der Waals surface area (Å²) in [7, 11) is 0. The van der Waals surface area contributed by atoms with Gasteiger partial charge in [0, 0.05) is 0 Å². The molecule has 0 aromatic rings. The van der Waals surface area contributed by atoms with E-state index in [1.807, 2.05) is 13.0 Å². The smallest absolute Gasteiger partial charge is 0.0845 e. The highest BCUT2D eigenvalue weighted by molar-refractivity contribution is 5.11. The average Bonchev–Trinajstić information content (AvgIpc) is 1.89. The summed E-state index contributed by atoms with van der Waals surface area (Å²) in [6, 6.07) is 0. The van der Waals surface area contributed by atoms with Gasteiger partial charge in [-0.05, 0) is 19.4 Å². The number of ether oxygens (including phenoxy) is 1. The van der Waals surface area contributed by atoms with Crippen LogP contribution in [-0.2, 0) is 4.74 Å². The van der Waals surface area contributed by atoms with Crippen LogP contribution in [0.25, 0.3) is 0 Å². The van der Waals surface area contributed by atoms with E-state index in [1.165, 1.54) is 0 Å². The summed E-state index contributed by atoms with van der Waals surface area (Å²) >= 11 is 0. The largest absolute Gasteiger partial charge is 0.501 e. The zero-order valence-electron chi connectivity index (χ0n) is 6.89. The molecular formula is C9H16O. The molecule has 0 amide bonds. The Hall–Kier alpha value is -0.720. The van der Waals surface area contributed by atoms with Gasteiger partial charge >= 0.3 is 0 Å². The molecule has 1 heteroatoms. The van der Waals surface area contributed by atoms with Crippen molar-refractivity contribution in [3.05, 3.63) is 24.5 Å². The summed E-state index contributed by atoms with van der Waals surface area (Å²) in [5, 5.41) is 0. The number of hydrogen-bond donors (Lipinski definition) is 0. The standard InChI is InChI=1S/C9H16O/c1-4-6-9(3)7-8-10-5-2/h7-8H,3-6H2,1-2H3/b8-7+. The summed E-state index contributed by atoms with van der Waals surface area (Å²) in [5.74, 6) is 0. The van der Waals surface area contributed by atoms with Crippen LogP contribution in [-0.4, -0.2) is 6.61 Å². The number of hydrogen-bond acceptors (Lipinski definition) is 1. The fraction of sp³-hybridized carbons (Fsp3) is 0.556. The minimum absolute atomic E-state index is 0.732. The molecule has 0 atom stereocenters. The molecule has 0 spiro atoms. The maximum absolute atomic E-state index is 5.01. The summed E-state index contributed by atoms with van der Waals surface area (Å²) in [4.78, 5) is 0. The third kappa shape index (κ3) is 5.42. The molecule has 58 valence electrons. The van der Waals surface area contributed by atoms with Crippen molar-refractivity contribution in [2.45, 2.75) is 26.7 Å². The van der Waals surface area contributed by atoms with Crippen LogP contribution in [0.1, 0.15) is 26.7 Å². The molecule has 0 unspecified atom stereocenters. The monoisotopic (exact) mass is 140 g/mol. The van der Waals surface area contributed by atoms with Gasteiger partial charge in [0.05, 0.1) is 12.9 Å². The molecule has 0 rings (SSSR count). The lowest BCUT2D eigenvalue weighted by Gasteiger charge is -1.95. The minimum Gasteiger partial charge on any atom is -0.501 e. The number of allylic oxidation sites excluding steroid dienone is 2. The Morgan fingerprint density at radius 2 is 2.20 bits per heavy atom. The predicted molar refractivity (Wildman–Crippen MR) is 44.8 cm³/mol. The van der Waals surface area contributed by atoms with Crippen LogP contribution in [0.4, 0.5) is 0 Å². The van der Waals surface area contributed by atoms with Gasteiger partial charge in [-0.1, -0.05) is 25.5 Å². The summed E-state index contributed by atoms with van der Waals surface area (Å²) in [5.41, 5.74) is 1.14. The molecule has 0 N–H and O–H groups in total. The first-order valence-electron chi connectivity index (χ1n) is 3.77. The van der Waals surface area contributed by atoms with Crippen molar-refractivity contribution in [3.8, 4) is 0 Å². The first-order chi connectivity index (χ1) is 4.81. The molecule has 0 fully saturated rings. The van der Waals surface area contributed by atoms with Crippen molar-refractivity contribution in [1.29, 1.82) is 0 Å². The van der Waals surface area contributed by atoms with Gasteiger partial charge in [0.15, 0.2) is 0 Å². The van der Waals surface area contributed by atoms with Gasteiger partial charge in [-0.15, -0.1) is 0 Å². The zero-order chi connectivity index (χ0) is 7.82. The first kappa shape index (κ1) is 9.28. The Balaban J connectivity index is 3.36. The SMILES string of the molecule is C=C(/C=C/OCC)CCC.